The highest BCUT2D eigenvalue weighted by Gasteiger charge is 2.30. The van der Waals surface area contributed by atoms with E-state index in [1.165, 1.54) is 57.8 Å². The maximum absolute atomic E-state index is 9.67. The van der Waals surface area contributed by atoms with Gasteiger partial charge in [0.05, 0.1) is 5.60 Å². The Hall–Kier alpha value is -0.300. The Kier molecular flexibility index (Phi) is 4.89. The lowest BCUT2D eigenvalue weighted by atomic mass is 9.85. The molecule has 0 aliphatic heterocycles. The van der Waals surface area contributed by atoms with Crippen LogP contribution in [0.4, 0.5) is 0 Å². The summed E-state index contributed by atoms with van der Waals surface area (Å²) in [6.45, 7) is 3.84. The Morgan fingerprint density at radius 3 is 2.78 bits per heavy atom. The molecular weight excluding hydrogens is 220 g/mol. The summed E-state index contributed by atoms with van der Waals surface area (Å²) in [4.78, 5) is 0. The number of unbranched alkanes of at least 4 members (excludes halogenated alkanes) is 2. The second-order valence-electron chi connectivity index (χ2n) is 7.02. The molecule has 0 heterocycles. The molecule has 0 radical (unpaired) electrons. The highest BCUT2D eigenvalue weighted by atomic mass is 16.3. The molecule has 0 spiro atoms. The first-order valence-corrected chi connectivity index (χ1v) is 7.98. The highest BCUT2D eigenvalue weighted by Crippen LogP contribution is 2.44. The van der Waals surface area contributed by atoms with Crippen molar-refractivity contribution < 1.29 is 5.11 Å². The second-order valence-corrected chi connectivity index (χ2v) is 7.02. The van der Waals surface area contributed by atoms with Crippen molar-refractivity contribution in [2.24, 2.45) is 11.8 Å². The van der Waals surface area contributed by atoms with Crippen LogP contribution in [0.5, 0.6) is 0 Å². The summed E-state index contributed by atoms with van der Waals surface area (Å²) < 4.78 is 0. The van der Waals surface area contributed by atoms with Gasteiger partial charge in [0, 0.05) is 0 Å². The maximum atomic E-state index is 9.67. The first-order valence-electron chi connectivity index (χ1n) is 7.98. The van der Waals surface area contributed by atoms with Gasteiger partial charge >= 0.3 is 0 Å². The normalized spacial score (nSPS) is 28.1. The molecule has 1 N–H and O–H groups in total. The van der Waals surface area contributed by atoms with Crippen molar-refractivity contribution in [1.29, 1.82) is 0 Å². The molecule has 2 unspecified atom stereocenters. The van der Waals surface area contributed by atoms with Crippen LogP contribution in [0.3, 0.4) is 0 Å². The summed E-state index contributed by atoms with van der Waals surface area (Å²) in [5.74, 6) is 1.87. The average molecular weight is 250 g/mol. The third-order valence-corrected chi connectivity index (χ3v) is 4.78. The van der Waals surface area contributed by atoms with E-state index in [0.717, 1.165) is 18.3 Å². The minimum Gasteiger partial charge on any atom is -0.390 e. The van der Waals surface area contributed by atoms with Gasteiger partial charge in [0.1, 0.15) is 0 Å². The van der Waals surface area contributed by atoms with Gasteiger partial charge in [-0.1, -0.05) is 30.9 Å². The summed E-state index contributed by atoms with van der Waals surface area (Å²) >= 11 is 0. The van der Waals surface area contributed by atoms with Crippen LogP contribution in [0.15, 0.2) is 11.6 Å². The Morgan fingerprint density at radius 2 is 2.00 bits per heavy atom. The van der Waals surface area contributed by atoms with Crippen LogP contribution in [0.25, 0.3) is 0 Å². The Labute approximate surface area is 113 Å². The number of aliphatic hydroxyl groups is 1. The molecule has 0 amide bonds. The van der Waals surface area contributed by atoms with Crippen LogP contribution in [0, 0.1) is 11.8 Å². The molecule has 0 aromatic carbocycles. The molecule has 1 saturated carbocycles. The zero-order valence-corrected chi connectivity index (χ0v) is 12.3. The summed E-state index contributed by atoms with van der Waals surface area (Å²) in [5, 5.41) is 9.67. The van der Waals surface area contributed by atoms with Crippen molar-refractivity contribution in [2.75, 3.05) is 0 Å². The molecule has 1 heteroatoms. The number of rotatable bonds is 6. The molecule has 104 valence electrons. The second kappa shape index (κ2) is 6.23. The van der Waals surface area contributed by atoms with Gasteiger partial charge in [0.25, 0.3) is 0 Å². The minimum atomic E-state index is -0.468. The Morgan fingerprint density at radius 1 is 1.17 bits per heavy atom. The lowest BCUT2D eigenvalue weighted by Crippen LogP contribution is -2.17. The number of hydrogen-bond acceptors (Lipinski definition) is 1. The van der Waals surface area contributed by atoms with Gasteiger partial charge < -0.3 is 5.11 Å². The molecule has 0 bridgehead atoms. The van der Waals surface area contributed by atoms with Crippen LogP contribution in [-0.2, 0) is 0 Å². The standard InChI is InChI=1S/C17H30O/c1-17(2,18)13-7-3-4-8-14-11-12-15-9-5-6-10-16(14)15/h10,14-15,18H,3-9,11-13H2,1-2H3. The summed E-state index contributed by atoms with van der Waals surface area (Å²) in [6.07, 6.45) is 15.8. The SMILES string of the molecule is CC(C)(O)CCCCCC1CCC2CCCC=C21. The largest absolute Gasteiger partial charge is 0.390 e. The van der Waals surface area contributed by atoms with E-state index in [-0.39, 0.29) is 0 Å². The summed E-state index contributed by atoms with van der Waals surface area (Å²) in [5.41, 5.74) is 1.36. The van der Waals surface area contributed by atoms with Gasteiger partial charge in [-0.25, -0.2) is 0 Å². The molecule has 0 saturated heterocycles. The van der Waals surface area contributed by atoms with E-state index in [4.69, 9.17) is 0 Å². The zero-order valence-electron chi connectivity index (χ0n) is 12.3. The third-order valence-electron chi connectivity index (χ3n) is 4.78. The van der Waals surface area contributed by atoms with Gasteiger partial charge in [0.2, 0.25) is 0 Å². The van der Waals surface area contributed by atoms with Crippen LogP contribution in [0.2, 0.25) is 0 Å². The Balaban J connectivity index is 1.64. The molecular formula is C17H30O. The molecule has 1 nitrogen and oxygen atoms in total. The molecule has 2 aliphatic rings. The van der Waals surface area contributed by atoms with E-state index < -0.39 is 5.60 Å². The van der Waals surface area contributed by atoms with Crippen LogP contribution in [-0.4, -0.2) is 10.7 Å². The quantitative estimate of drug-likeness (QED) is 0.528. The first-order chi connectivity index (χ1) is 8.56. The highest BCUT2D eigenvalue weighted by molar-refractivity contribution is 5.17. The van der Waals surface area contributed by atoms with Crippen molar-refractivity contribution in [2.45, 2.75) is 83.7 Å². The molecule has 0 aromatic heterocycles. The van der Waals surface area contributed by atoms with E-state index in [1.807, 2.05) is 19.4 Å². The van der Waals surface area contributed by atoms with Gasteiger partial charge in [-0.2, -0.15) is 0 Å². The van der Waals surface area contributed by atoms with Crippen molar-refractivity contribution in [3.05, 3.63) is 11.6 Å². The van der Waals surface area contributed by atoms with Crippen molar-refractivity contribution in [3.63, 3.8) is 0 Å². The van der Waals surface area contributed by atoms with Crippen molar-refractivity contribution in [1.82, 2.24) is 0 Å². The van der Waals surface area contributed by atoms with Crippen LogP contribution in [0.1, 0.15) is 78.1 Å². The predicted octanol–water partition coefficient (Wildman–Crippen LogP) is 4.84. The number of fused-ring (bicyclic) bond motifs is 1. The topological polar surface area (TPSA) is 20.2 Å². The smallest absolute Gasteiger partial charge is 0.0591 e. The lowest BCUT2D eigenvalue weighted by Gasteiger charge is -2.21. The van der Waals surface area contributed by atoms with Crippen LogP contribution >= 0.6 is 0 Å². The fourth-order valence-electron chi connectivity index (χ4n) is 3.78. The lowest BCUT2D eigenvalue weighted by molar-refractivity contribution is 0.0679. The molecule has 2 aliphatic carbocycles. The number of hydrogen-bond donors (Lipinski definition) is 1. The molecule has 2 rings (SSSR count). The van der Waals surface area contributed by atoms with E-state index in [0.29, 0.717) is 0 Å². The average Bonchev–Trinajstić information content (AvgIpc) is 2.71. The third kappa shape index (κ3) is 4.12. The summed E-state index contributed by atoms with van der Waals surface area (Å²) in [7, 11) is 0. The van der Waals surface area contributed by atoms with Gasteiger partial charge in [-0.3, -0.25) is 0 Å². The van der Waals surface area contributed by atoms with E-state index in [2.05, 4.69) is 6.08 Å². The van der Waals surface area contributed by atoms with E-state index in [1.54, 1.807) is 0 Å². The van der Waals surface area contributed by atoms with E-state index >= 15 is 0 Å². The van der Waals surface area contributed by atoms with E-state index in [9.17, 15) is 5.11 Å². The monoisotopic (exact) mass is 250 g/mol. The summed E-state index contributed by atoms with van der Waals surface area (Å²) in [6, 6.07) is 0. The fraction of sp³-hybridized carbons (Fsp3) is 0.882. The zero-order chi connectivity index (χ0) is 13.0. The first kappa shape index (κ1) is 14.1. The Bertz CT molecular complexity index is 284. The van der Waals surface area contributed by atoms with Crippen molar-refractivity contribution >= 4 is 0 Å². The molecule has 2 atom stereocenters. The maximum Gasteiger partial charge on any atom is 0.0591 e. The van der Waals surface area contributed by atoms with Crippen molar-refractivity contribution in [3.8, 4) is 0 Å². The molecule has 18 heavy (non-hydrogen) atoms. The minimum absolute atomic E-state index is 0.468. The molecule has 0 aromatic rings. The van der Waals surface area contributed by atoms with Gasteiger partial charge in [-0.15, -0.1) is 0 Å². The van der Waals surface area contributed by atoms with Gasteiger partial charge in [-0.05, 0) is 70.6 Å². The predicted molar refractivity (Wildman–Crippen MR) is 77.5 cm³/mol. The van der Waals surface area contributed by atoms with Gasteiger partial charge in [0.15, 0.2) is 0 Å². The molecule has 1 fully saturated rings. The van der Waals surface area contributed by atoms with Crippen LogP contribution < -0.4 is 0 Å². The fourth-order valence-corrected chi connectivity index (χ4v) is 3.78. The number of allylic oxidation sites excluding steroid dienone is 2.